The highest BCUT2D eigenvalue weighted by molar-refractivity contribution is 8.04. The van der Waals surface area contributed by atoms with Crippen LogP contribution in [0, 0.1) is 0 Å². The van der Waals surface area contributed by atoms with Gasteiger partial charge in [-0.3, -0.25) is 9.59 Å². The van der Waals surface area contributed by atoms with Gasteiger partial charge in [-0.05, 0) is 72.0 Å². The van der Waals surface area contributed by atoms with Gasteiger partial charge in [0, 0.05) is 35.0 Å². The summed E-state index contributed by atoms with van der Waals surface area (Å²) >= 11 is 7.93. The normalized spacial score (nSPS) is 21.1. The Morgan fingerprint density at radius 1 is 1.00 bits per heavy atom. The van der Waals surface area contributed by atoms with Crippen LogP contribution in [-0.4, -0.2) is 34.8 Å². The SMILES string of the molecule is O=C(NCc1ccc2c(c1)OCO2)c1ccc(/C=C2/SC3CCCCC3N(Cc3cccc(Cl)c3)C2=O)cc1. The second-order valence-electron chi connectivity index (χ2n) is 10.1. The second kappa shape index (κ2) is 11.4. The van der Waals surface area contributed by atoms with Gasteiger partial charge in [-0.15, -0.1) is 11.8 Å². The molecule has 2 heterocycles. The van der Waals surface area contributed by atoms with E-state index in [0.29, 0.717) is 34.7 Å². The molecule has 200 valence electrons. The maximum atomic E-state index is 13.7. The minimum Gasteiger partial charge on any atom is -0.454 e. The zero-order chi connectivity index (χ0) is 26.8. The average Bonchev–Trinajstić information content (AvgIpc) is 3.42. The largest absolute Gasteiger partial charge is 0.454 e. The maximum Gasteiger partial charge on any atom is 0.260 e. The van der Waals surface area contributed by atoms with Crippen molar-refractivity contribution in [3.05, 3.63) is 98.9 Å². The van der Waals surface area contributed by atoms with E-state index in [1.54, 1.807) is 23.9 Å². The molecular formula is C31H29ClN2O4S. The first-order valence-electron chi connectivity index (χ1n) is 13.2. The third kappa shape index (κ3) is 5.80. The Morgan fingerprint density at radius 3 is 2.67 bits per heavy atom. The predicted molar refractivity (Wildman–Crippen MR) is 154 cm³/mol. The van der Waals surface area contributed by atoms with Gasteiger partial charge < -0.3 is 19.7 Å². The fourth-order valence-corrected chi connectivity index (χ4v) is 7.10. The van der Waals surface area contributed by atoms with Gasteiger partial charge in [0.25, 0.3) is 11.8 Å². The molecule has 2 atom stereocenters. The minimum absolute atomic E-state index is 0.0636. The zero-order valence-corrected chi connectivity index (χ0v) is 23.0. The van der Waals surface area contributed by atoms with Gasteiger partial charge in [0.15, 0.2) is 11.5 Å². The molecule has 6 rings (SSSR count). The number of halogens is 1. The van der Waals surface area contributed by atoms with E-state index in [2.05, 4.69) is 5.32 Å². The lowest BCUT2D eigenvalue weighted by molar-refractivity contribution is -0.130. The summed E-state index contributed by atoms with van der Waals surface area (Å²) in [7, 11) is 0. The lowest BCUT2D eigenvalue weighted by atomic mass is 9.92. The Labute approximate surface area is 237 Å². The molecule has 3 aliphatic rings. The van der Waals surface area contributed by atoms with Crippen LogP contribution in [0.3, 0.4) is 0 Å². The van der Waals surface area contributed by atoms with E-state index in [-0.39, 0.29) is 24.6 Å². The number of ether oxygens (including phenoxy) is 2. The van der Waals surface area contributed by atoms with Crippen LogP contribution in [0.4, 0.5) is 0 Å². The maximum absolute atomic E-state index is 13.7. The molecule has 2 aliphatic heterocycles. The molecule has 6 nitrogen and oxygen atoms in total. The van der Waals surface area contributed by atoms with Gasteiger partial charge >= 0.3 is 0 Å². The molecule has 1 saturated carbocycles. The molecule has 2 fully saturated rings. The number of nitrogens with one attached hydrogen (secondary N) is 1. The Bertz CT molecular complexity index is 1420. The lowest BCUT2D eigenvalue weighted by Crippen LogP contribution is -2.50. The Morgan fingerprint density at radius 2 is 1.82 bits per heavy atom. The summed E-state index contributed by atoms with van der Waals surface area (Å²) in [5, 5.41) is 4.03. The molecule has 3 aromatic carbocycles. The molecule has 0 spiro atoms. The highest BCUT2D eigenvalue weighted by Gasteiger charge is 2.40. The number of carbonyl (C=O) groups excluding carboxylic acids is 2. The van der Waals surface area contributed by atoms with Crippen LogP contribution in [0.5, 0.6) is 11.5 Å². The monoisotopic (exact) mass is 560 g/mol. The van der Waals surface area contributed by atoms with Crippen molar-refractivity contribution in [3.8, 4) is 11.5 Å². The molecule has 8 heteroatoms. The second-order valence-corrected chi connectivity index (χ2v) is 11.8. The predicted octanol–water partition coefficient (Wildman–Crippen LogP) is 6.43. The van der Waals surface area contributed by atoms with Gasteiger partial charge in [0.05, 0.1) is 4.91 Å². The van der Waals surface area contributed by atoms with E-state index < -0.39 is 0 Å². The zero-order valence-electron chi connectivity index (χ0n) is 21.4. The van der Waals surface area contributed by atoms with Gasteiger partial charge in [0.2, 0.25) is 6.79 Å². The van der Waals surface area contributed by atoms with Crippen LogP contribution in [0.1, 0.15) is 52.7 Å². The van der Waals surface area contributed by atoms with Crippen molar-refractivity contribution in [1.29, 1.82) is 0 Å². The van der Waals surface area contributed by atoms with Gasteiger partial charge in [-0.1, -0.05) is 54.8 Å². The quantitative estimate of drug-likeness (QED) is 0.352. The minimum atomic E-state index is -0.160. The van der Waals surface area contributed by atoms with E-state index in [9.17, 15) is 9.59 Å². The van der Waals surface area contributed by atoms with Crippen LogP contribution < -0.4 is 14.8 Å². The first kappa shape index (κ1) is 25.8. The summed E-state index contributed by atoms with van der Waals surface area (Å²) in [5.74, 6) is 1.32. The van der Waals surface area contributed by atoms with Crippen molar-refractivity contribution in [3.63, 3.8) is 0 Å². The number of benzene rings is 3. The first-order chi connectivity index (χ1) is 19.0. The number of amides is 2. The fraction of sp³-hybridized carbons (Fsp3) is 0.290. The smallest absolute Gasteiger partial charge is 0.260 e. The summed E-state index contributed by atoms with van der Waals surface area (Å²) in [4.78, 5) is 29.2. The van der Waals surface area contributed by atoms with Crippen molar-refractivity contribution in [2.24, 2.45) is 0 Å². The van der Waals surface area contributed by atoms with Crippen LogP contribution in [0.25, 0.3) is 6.08 Å². The molecule has 2 amide bonds. The van der Waals surface area contributed by atoms with Crippen LogP contribution in [-0.2, 0) is 17.9 Å². The molecule has 1 saturated heterocycles. The molecule has 0 bridgehead atoms. The van der Waals surface area contributed by atoms with Crippen molar-refractivity contribution in [1.82, 2.24) is 10.2 Å². The highest BCUT2D eigenvalue weighted by Crippen LogP contribution is 2.43. The first-order valence-corrected chi connectivity index (χ1v) is 14.5. The molecule has 0 aromatic heterocycles. The highest BCUT2D eigenvalue weighted by atomic mass is 35.5. The van der Waals surface area contributed by atoms with Crippen molar-refractivity contribution in [2.45, 2.75) is 50.1 Å². The topological polar surface area (TPSA) is 67.9 Å². The van der Waals surface area contributed by atoms with Gasteiger partial charge in [0.1, 0.15) is 0 Å². The van der Waals surface area contributed by atoms with E-state index in [1.807, 2.05) is 65.6 Å². The van der Waals surface area contributed by atoms with Crippen molar-refractivity contribution < 1.29 is 19.1 Å². The number of fused-ring (bicyclic) bond motifs is 2. The fourth-order valence-electron chi connectivity index (χ4n) is 5.41. The third-order valence-corrected chi connectivity index (χ3v) is 9.05. The number of hydrogen-bond acceptors (Lipinski definition) is 5. The summed E-state index contributed by atoms with van der Waals surface area (Å²) in [6, 6.07) is 21.0. The number of thioether (sulfide) groups is 1. The number of carbonyl (C=O) groups is 2. The molecule has 1 aliphatic carbocycles. The summed E-state index contributed by atoms with van der Waals surface area (Å²) in [5.41, 5.74) is 3.44. The lowest BCUT2D eigenvalue weighted by Gasteiger charge is -2.44. The molecule has 0 radical (unpaired) electrons. The Balaban J connectivity index is 1.14. The van der Waals surface area contributed by atoms with E-state index in [1.165, 1.54) is 6.42 Å². The standard InChI is InChI=1S/C31H29ClN2O4S/c32-24-5-3-4-22(14-24)18-34-25-6-1-2-7-28(25)39-29(31(34)36)16-20-8-11-23(12-9-20)30(35)33-17-21-10-13-26-27(15-21)38-19-37-26/h3-5,8-16,25,28H,1-2,6-7,17-19H2,(H,33,35)/b29-16+. The Hall–Kier alpha value is -3.42. The number of hydrogen-bond donors (Lipinski definition) is 1. The molecule has 39 heavy (non-hydrogen) atoms. The van der Waals surface area contributed by atoms with Gasteiger partial charge in [-0.25, -0.2) is 0 Å². The number of nitrogens with zero attached hydrogens (tertiary/aromatic N) is 1. The van der Waals surface area contributed by atoms with Crippen LogP contribution >= 0.6 is 23.4 Å². The summed E-state index contributed by atoms with van der Waals surface area (Å²) in [6.45, 7) is 1.16. The molecule has 3 aromatic rings. The van der Waals surface area contributed by atoms with E-state index >= 15 is 0 Å². The summed E-state index contributed by atoms with van der Waals surface area (Å²) in [6.07, 6.45) is 6.44. The average molecular weight is 561 g/mol. The van der Waals surface area contributed by atoms with Crippen LogP contribution in [0.2, 0.25) is 5.02 Å². The van der Waals surface area contributed by atoms with E-state index in [4.69, 9.17) is 21.1 Å². The van der Waals surface area contributed by atoms with E-state index in [0.717, 1.165) is 46.6 Å². The van der Waals surface area contributed by atoms with Crippen LogP contribution in [0.15, 0.2) is 71.6 Å². The van der Waals surface area contributed by atoms with Gasteiger partial charge in [-0.2, -0.15) is 0 Å². The number of rotatable bonds is 6. The van der Waals surface area contributed by atoms with Crippen molar-refractivity contribution in [2.75, 3.05) is 6.79 Å². The molecule has 1 N–H and O–H groups in total. The molecule has 2 unspecified atom stereocenters. The Kier molecular flexibility index (Phi) is 7.53. The molecular weight excluding hydrogens is 532 g/mol. The van der Waals surface area contributed by atoms with Crippen molar-refractivity contribution >= 4 is 41.3 Å². The summed E-state index contributed by atoms with van der Waals surface area (Å²) < 4.78 is 10.7. The third-order valence-electron chi connectivity index (χ3n) is 7.42.